The molecule has 0 spiro atoms. The minimum atomic E-state index is -4.50. The van der Waals surface area contributed by atoms with Gasteiger partial charge in [0, 0.05) is 63.9 Å². The van der Waals surface area contributed by atoms with Gasteiger partial charge in [-0.05, 0) is 42.8 Å². The van der Waals surface area contributed by atoms with E-state index in [9.17, 15) is 23.3 Å². The average Bonchev–Trinajstić information content (AvgIpc) is 3.41. The molecule has 0 aliphatic carbocycles. The number of benzene rings is 2. The fourth-order valence-corrected chi connectivity index (χ4v) is 6.57. The zero-order valence-electron chi connectivity index (χ0n) is 24.4. The summed E-state index contributed by atoms with van der Waals surface area (Å²) in [6, 6.07) is 13.9. The molecule has 2 aliphatic heterocycles. The van der Waals surface area contributed by atoms with Gasteiger partial charge in [0.25, 0.3) is 21.6 Å². The van der Waals surface area contributed by atoms with Crippen LogP contribution in [0.2, 0.25) is 0 Å². The van der Waals surface area contributed by atoms with Crippen LogP contribution in [0.25, 0.3) is 11.0 Å². The summed E-state index contributed by atoms with van der Waals surface area (Å²) in [7, 11) is -2.92. The molecule has 0 radical (unpaired) electrons. The first kappa shape index (κ1) is 30.3. The van der Waals surface area contributed by atoms with Gasteiger partial charge in [0.15, 0.2) is 0 Å². The van der Waals surface area contributed by atoms with Gasteiger partial charge in [0.2, 0.25) is 5.88 Å². The Bertz CT molecular complexity index is 1850. The third-order valence-electron chi connectivity index (χ3n) is 8.12. The molecule has 6 rings (SSSR count). The van der Waals surface area contributed by atoms with Gasteiger partial charge < -0.3 is 29.4 Å². The van der Waals surface area contributed by atoms with Gasteiger partial charge in [0.1, 0.15) is 17.0 Å². The Morgan fingerprint density at radius 2 is 1.93 bits per heavy atom. The number of methoxy groups -OCH3 is 1. The molecule has 0 unspecified atom stereocenters. The molecule has 4 heterocycles. The quantitative estimate of drug-likeness (QED) is 0.178. The van der Waals surface area contributed by atoms with E-state index in [0.717, 1.165) is 11.5 Å². The second-order valence-corrected chi connectivity index (χ2v) is 12.5. The summed E-state index contributed by atoms with van der Waals surface area (Å²) in [5, 5.41) is 15.9. The Hall–Kier alpha value is -4.73. The average molecular weight is 637 g/mol. The van der Waals surface area contributed by atoms with Gasteiger partial charge in [-0.15, -0.1) is 0 Å². The molecule has 236 valence electrons. The van der Waals surface area contributed by atoms with Crippen LogP contribution in [-0.4, -0.2) is 74.8 Å². The van der Waals surface area contributed by atoms with E-state index in [1.165, 1.54) is 18.2 Å². The van der Waals surface area contributed by atoms with Crippen molar-refractivity contribution >= 4 is 49.7 Å². The number of fused-ring (bicyclic) bond motifs is 2. The highest BCUT2D eigenvalue weighted by Gasteiger charge is 2.33. The van der Waals surface area contributed by atoms with E-state index in [2.05, 4.69) is 20.0 Å². The Morgan fingerprint density at radius 1 is 1.13 bits per heavy atom. The molecule has 2 aliphatic rings. The highest BCUT2D eigenvalue weighted by atomic mass is 32.2. The van der Waals surface area contributed by atoms with Crippen LogP contribution < -0.4 is 19.7 Å². The highest BCUT2D eigenvalue weighted by molar-refractivity contribution is 7.90. The van der Waals surface area contributed by atoms with Crippen molar-refractivity contribution in [3.05, 3.63) is 76.5 Å². The lowest BCUT2D eigenvalue weighted by Crippen LogP contribution is -2.44. The zero-order valence-corrected chi connectivity index (χ0v) is 25.3. The number of H-pyrrole nitrogens is 1. The summed E-state index contributed by atoms with van der Waals surface area (Å²) in [5.74, 6) is -0.501. The molecule has 1 fully saturated rings. The summed E-state index contributed by atoms with van der Waals surface area (Å²) in [6.45, 7) is 2.17. The molecule has 3 N–H and O–H groups in total. The monoisotopic (exact) mass is 636 g/mol. The molecule has 45 heavy (non-hydrogen) atoms. The lowest BCUT2D eigenvalue weighted by Gasteiger charge is -2.36. The number of amides is 1. The number of aromatic nitrogens is 2. The first-order valence-electron chi connectivity index (χ1n) is 14.4. The van der Waals surface area contributed by atoms with Crippen molar-refractivity contribution in [2.45, 2.75) is 29.8 Å². The van der Waals surface area contributed by atoms with E-state index >= 15 is 0 Å². The molecule has 15 heteroatoms. The zero-order chi connectivity index (χ0) is 31.6. The van der Waals surface area contributed by atoms with Crippen molar-refractivity contribution in [2.75, 3.05) is 50.2 Å². The number of nitrogens with zero attached hydrogens (tertiary/aromatic N) is 3. The van der Waals surface area contributed by atoms with Gasteiger partial charge in [0.05, 0.1) is 33.3 Å². The number of hydrogen-bond acceptors (Lipinski definition) is 11. The van der Waals surface area contributed by atoms with Gasteiger partial charge in [-0.2, -0.15) is 4.98 Å². The van der Waals surface area contributed by atoms with E-state index in [0.29, 0.717) is 68.5 Å². The maximum atomic E-state index is 13.6. The number of sulfonamides is 1. The number of nitro groups is 1. The van der Waals surface area contributed by atoms with Gasteiger partial charge in [-0.1, -0.05) is 12.1 Å². The van der Waals surface area contributed by atoms with Crippen LogP contribution >= 0.6 is 0 Å². The molecule has 2 aromatic heterocycles. The number of pyridine rings is 1. The third-order valence-corrected chi connectivity index (χ3v) is 9.45. The largest absolute Gasteiger partial charge is 0.476 e. The topological polar surface area (TPSA) is 178 Å². The number of anilines is 3. The number of nitro benzene ring substituents is 1. The Kier molecular flexibility index (Phi) is 8.31. The van der Waals surface area contributed by atoms with E-state index in [-0.39, 0.29) is 17.8 Å². The first-order chi connectivity index (χ1) is 21.7. The first-order valence-corrected chi connectivity index (χ1v) is 15.9. The van der Waals surface area contributed by atoms with Crippen molar-refractivity contribution in [1.82, 2.24) is 14.7 Å². The molecule has 14 nitrogen and oxygen atoms in total. The highest BCUT2D eigenvalue weighted by Crippen LogP contribution is 2.38. The van der Waals surface area contributed by atoms with Crippen LogP contribution in [0.15, 0.2) is 65.7 Å². The number of carbonyl (C=O) groups excluding carboxylic acids is 1. The molecule has 2 aromatic carbocycles. The van der Waals surface area contributed by atoms with Crippen LogP contribution in [0, 0.1) is 10.1 Å². The number of rotatable bonds is 9. The second-order valence-electron chi connectivity index (χ2n) is 10.8. The van der Waals surface area contributed by atoms with Crippen molar-refractivity contribution in [2.24, 2.45) is 0 Å². The Morgan fingerprint density at radius 3 is 2.71 bits per heavy atom. The Labute approximate surface area is 258 Å². The van der Waals surface area contributed by atoms with Gasteiger partial charge in [-0.25, -0.2) is 13.1 Å². The summed E-state index contributed by atoms with van der Waals surface area (Å²) >= 11 is 0. The van der Waals surface area contributed by atoms with Crippen LogP contribution in [0.3, 0.4) is 0 Å². The normalized spacial score (nSPS) is 16.3. The summed E-state index contributed by atoms with van der Waals surface area (Å²) in [6.07, 6.45) is 3.60. The van der Waals surface area contributed by atoms with Crippen LogP contribution in [0.5, 0.6) is 5.88 Å². The van der Waals surface area contributed by atoms with Crippen molar-refractivity contribution in [3.8, 4) is 5.88 Å². The molecule has 4 aromatic rings. The second kappa shape index (κ2) is 12.3. The maximum Gasteiger partial charge on any atom is 0.293 e. The lowest BCUT2D eigenvalue weighted by atomic mass is 9.94. The van der Waals surface area contributed by atoms with Crippen LogP contribution in [0.4, 0.5) is 22.7 Å². The molecular formula is C30H32N6O8S. The van der Waals surface area contributed by atoms with Crippen LogP contribution in [-0.2, 0) is 19.5 Å². The summed E-state index contributed by atoms with van der Waals surface area (Å²) < 4.78 is 45.9. The van der Waals surface area contributed by atoms with E-state index in [4.69, 9.17) is 14.2 Å². The van der Waals surface area contributed by atoms with Crippen molar-refractivity contribution in [3.63, 3.8) is 0 Å². The fraction of sp³-hybridized carbons (Fsp3) is 0.333. The minimum absolute atomic E-state index is 0.0946. The van der Waals surface area contributed by atoms with E-state index in [1.54, 1.807) is 31.5 Å². The molecular weight excluding hydrogens is 604 g/mol. The van der Waals surface area contributed by atoms with Crippen molar-refractivity contribution < 1.29 is 32.3 Å². The third kappa shape index (κ3) is 6.14. The number of carbonyl (C=O) groups is 1. The predicted octanol–water partition coefficient (Wildman–Crippen LogP) is 4.12. The number of ether oxygens (including phenoxy) is 3. The summed E-state index contributed by atoms with van der Waals surface area (Å²) in [4.78, 5) is 33.9. The van der Waals surface area contributed by atoms with Crippen molar-refractivity contribution in [1.29, 1.82) is 0 Å². The lowest BCUT2D eigenvalue weighted by molar-refractivity contribution is -0.384. The smallest absolute Gasteiger partial charge is 0.293 e. The number of aromatic amines is 1. The molecule has 1 amide bonds. The standard InChI is InChI=1S/C30H32N6O8S/c1-42-30(10-15-43-16-11-30)19-32-23-8-7-21(18-25(23)36(38)39)45(40,41)34-28(37)22-5-2-3-6-24(22)35-13-4-14-44-29-26(35)17-20-9-12-31-27(20)33-29/h2-3,5-9,12,17-18,32H,4,10-11,13-16,19H2,1H3,(H,31,33)(H,34,37). The predicted molar refractivity (Wildman–Crippen MR) is 166 cm³/mol. The SMILES string of the molecule is COC1(CNc2ccc(S(=O)(=O)NC(=O)c3ccccc3N3CCCOc4nc5[nH]ccc5cc43)cc2[N+](=O)[O-])CCOCC1. The van der Waals surface area contributed by atoms with Gasteiger partial charge >= 0.3 is 0 Å². The van der Waals surface area contributed by atoms with Gasteiger partial charge in [-0.3, -0.25) is 14.9 Å². The fourth-order valence-electron chi connectivity index (χ4n) is 5.58. The summed E-state index contributed by atoms with van der Waals surface area (Å²) in [5.41, 5.74) is 0.959. The minimum Gasteiger partial charge on any atom is -0.476 e. The maximum absolute atomic E-state index is 13.6. The van der Waals surface area contributed by atoms with Crippen LogP contribution in [0.1, 0.15) is 29.6 Å². The number of para-hydroxylation sites is 1. The number of hydrogen-bond donors (Lipinski definition) is 3. The molecule has 1 saturated heterocycles. The van der Waals surface area contributed by atoms with E-state index < -0.39 is 37.0 Å². The number of nitrogens with one attached hydrogen (secondary N) is 3. The Balaban J connectivity index is 1.26. The van der Waals surface area contributed by atoms with E-state index in [1.807, 2.05) is 17.0 Å². The molecule has 0 atom stereocenters. The molecule has 0 saturated carbocycles. The molecule has 0 bridgehead atoms.